The van der Waals surface area contributed by atoms with Crippen molar-refractivity contribution in [1.29, 1.82) is 0 Å². The molecular formula is C12H21N5O. The van der Waals surface area contributed by atoms with Crippen LogP contribution < -0.4 is 16.8 Å². The van der Waals surface area contributed by atoms with Gasteiger partial charge in [-0.1, -0.05) is 20.8 Å². The first-order chi connectivity index (χ1) is 8.36. The van der Waals surface area contributed by atoms with Crippen LogP contribution in [0, 0.1) is 12.8 Å². The molecule has 0 saturated heterocycles. The fourth-order valence-corrected chi connectivity index (χ4v) is 1.59. The normalized spacial score (nSPS) is 12.5. The highest BCUT2D eigenvalue weighted by molar-refractivity contribution is 5.83. The van der Waals surface area contributed by atoms with Gasteiger partial charge in [0.15, 0.2) is 0 Å². The monoisotopic (exact) mass is 251 g/mol. The molecule has 6 heteroatoms. The highest BCUT2D eigenvalue weighted by atomic mass is 16.1. The smallest absolute Gasteiger partial charge is 0.240 e. The lowest BCUT2D eigenvalue weighted by Crippen LogP contribution is -2.40. The SMILES string of the molecule is CCc1nc(N)c(C)c(NC(C(N)=O)C(C)C)n1. The summed E-state index contributed by atoms with van der Waals surface area (Å²) in [6.45, 7) is 7.60. The maximum atomic E-state index is 11.4. The summed E-state index contributed by atoms with van der Waals surface area (Å²) in [6.07, 6.45) is 0.683. The number of aryl methyl sites for hydroxylation is 1. The van der Waals surface area contributed by atoms with Gasteiger partial charge in [0, 0.05) is 12.0 Å². The fraction of sp³-hybridized carbons (Fsp3) is 0.583. The second kappa shape index (κ2) is 5.66. The number of primary amides is 1. The average molecular weight is 251 g/mol. The number of rotatable bonds is 5. The lowest BCUT2D eigenvalue weighted by atomic mass is 10.0. The van der Waals surface area contributed by atoms with E-state index in [1.54, 1.807) is 0 Å². The Bertz CT molecular complexity index is 444. The molecule has 0 fully saturated rings. The van der Waals surface area contributed by atoms with Crippen molar-refractivity contribution in [2.75, 3.05) is 11.1 Å². The Hall–Kier alpha value is -1.85. The lowest BCUT2D eigenvalue weighted by Gasteiger charge is -2.21. The molecule has 1 unspecified atom stereocenters. The van der Waals surface area contributed by atoms with Gasteiger partial charge in [0.1, 0.15) is 23.5 Å². The van der Waals surface area contributed by atoms with E-state index in [1.807, 2.05) is 27.7 Å². The van der Waals surface area contributed by atoms with Gasteiger partial charge in [0.05, 0.1) is 0 Å². The van der Waals surface area contributed by atoms with E-state index in [4.69, 9.17) is 11.5 Å². The molecule has 1 atom stereocenters. The van der Waals surface area contributed by atoms with E-state index in [0.717, 1.165) is 5.56 Å². The zero-order chi connectivity index (χ0) is 13.9. The third-order valence-corrected chi connectivity index (χ3v) is 2.81. The number of amides is 1. The summed E-state index contributed by atoms with van der Waals surface area (Å²) in [6, 6.07) is -0.470. The summed E-state index contributed by atoms with van der Waals surface area (Å²) < 4.78 is 0. The minimum absolute atomic E-state index is 0.0724. The van der Waals surface area contributed by atoms with Crippen molar-refractivity contribution in [2.24, 2.45) is 11.7 Å². The first-order valence-corrected chi connectivity index (χ1v) is 6.05. The van der Waals surface area contributed by atoms with Gasteiger partial charge in [-0.3, -0.25) is 4.79 Å². The topological polar surface area (TPSA) is 107 Å². The van der Waals surface area contributed by atoms with Crippen LogP contribution in [0.5, 0.6) is 0 Å². The molecule has 0 aromatic carbocycles. The molecule has 1 aromatic rings. The Kier molecular flexibility index (Phi) is 4.47. The molecule has 1 rings (SSSR count). The summed E-state index contributed by atoms with van der Waals surface area (Å²) in [5.41, 5.74) is 11.9. The van der Waals surface area contributed by atoms with Crippen LogP contribution in [0.4, 0.5) is 11.6 Å². The van der Waals surface area contributed by atoms with Gasteiger partial charge in [-0.2, -0.15) is 0 Å². The van der Waals surface area contributed by atoms with E-state index in [2.05, 4.69) is 15.3 Å². The molecule has 1 heterocycles. The molecule has 0 bridgehead atoms. The predicted molar refractivity (Wildman–Crippen MR) is 72.0 cm³/mol. The average Bonchev–Trinajstić information content (AvgIpc) is 2.29. The number of aromatic nitrogens is 2. The van der Waals surface area contributed by atoms with E-state index in [9.17, 15) is 4.79 Å². The van der Waals surface area contributed by atoms with Gasteiger partial charge >= 0.3 is 0 Å². The summed E-state index contributed by atoms with van der Waals surface area (Å²) in [7, 11) is 0. The van der Waals surface area contributed by atoms with Crippen molar-refractivity contribution in [3.05, 3.63) is 11.4 Å². The number of carbonyl (C=O) groups is 1. The molecule has 100 valence electrons. The Balaban J connectivity index is 3.09. The van der Waals surface area contributed by atoms with E-state index in [-0.39, 0.29) is 5.92 Å². The number of nitrogens with zero attached hydrogens (tertiary/aromatic N) is 2. The van der Waals surface area contributed by atoms with E-state index in [1.165, 1.54) is 0 Å². The van der Waals surface area contributed by atoms with Crippen LogP contribution in [0.2, 0.25) is 0 Å². The van der Waals surface area contributed by atoms with Gasteiger partial charge in [-0.25, -0.2) is 9.97 Å². The number of anilines is 2. The largest absolute Gasteiger partial charge is 0.383 e. The maximum absolute atomic E-state index is 11.4. The molecule has 6 nitrogen and oxygen atoms in total. The zero-order valence-corrected chi connectivity index (χ0v) is 11.3. The van der Waals surface area contributed by atoms with Crippen LogP contribution in [0.1, 0.15) is 32.2 Å². The second-order valence-corrected chi connectivity index (χ2v) is 4.62. The van der Waals surface area contributed by atoms with Crippen molar-refractivity contribution >= 4 is 17.5 Å². The van der Waals surface area contributed by atoms with Crippen molar-refractivity contribution in [3.63, 3.8) is 0 Å². The fourth-order valence-electron chi connectivity index (χ4n) is 1.59. The van der Waals surface area contributed by atoms with Crippen LogP contribution in [0.15, 0.2) is 0 Å². The highest BCUT2D eigenvalue weighted by Crippen LogP contribution is 2.19. The molecule has 0 aliphatic carbocycles. The Morgan fingerprint density at radius 2 is 2.00 bits per heavy atom. The van der Waals surface area contributed by atoms with Gasteiger partial charge in [-0.15, -0.1) is 0 Å². The van der Waals surface area contributed by atoms with Gasteiger partial charge < -0.3 is 16.8 Å². The van der Waals surface area contributed by atoms with Crippen LogP contribution >= 0.6 is 0 Å². The molecule has 0 saturated carbocycles. The molecule has 5 N–H and O–H groups in total. The molecular weight excluding hydrogens is 230 g/mol. The summed E-state index contributed by atoms with van der Waals surface area (Å²) in [4.78, 5) is 19.9. The predicted octanol–water partition coefficient (Wildman–Crippen LogP) is 0.851. The third kappa shape index (κ3) is 3.09. The summed E-state index contributed by atoms with van der Waals surface area (Å²) >= 11 is 0. The van der Waals surface area contributed by atoms with Crippen molar-refractivity contribution in [3.8, 4) is 0 Å². The minimum atomic E-state index is -0.470. The van der Waals surface area contributed by atoms with Crippen molar-refractivity contribution < 1.29 is 4.79 Å². The standard InChI is InChI=1S/C12H21N5O/c1-5-8-15-10(13)7(4)12(16-8)17-9(6(2)3)11(14)18/h6,9H,5H2,1-4H3,(H2,14,18)(H3,13,15,16,17). The Labute approximate surface area is 107 Å². The first-order valence-electron chi connectivity index (χ1n) is 6.05. The number of carbonyl (C=O) groups excluding carboxylic acids is 1. The quantitative estimate of drug-likeness (QED) is 0.719. The van der Waals surface area contributed by atoms with Gasteiger partial charge in [0.2, 0.25) is 5.91 Å². The molecule has 18 heavy (non-hydrogen) atoms. The van der Waals surface area contributed by atoms with Gasteiger partial charge in [-0.05, 0) is 12.8 Å². The second-order valence-electron chi connectivity index (χ2n) is 4.62. The third-order valence-electron chi connectivity index (χ3n) is 2.81. The molecule has 0 radical (unpaired) electrons. The van der Waals surface area contributed by atoms with E-state index < -0.39 is 11.9 Å². The van der Waals surface area contributed by atoms with Crippen LogP contribution in [-0.4, -0.2) is 21.9 Å². The van der Waals surface area contributed by atoms with Crippen LogP contribution in [0.25, 0.3) is 0 Å². The molecule has 1 amide bonds. The first kappa shape index (κ1) is 14.2. The maximum Gasteiger partial charge on any atom is 0.240 e. The Morgan fingerprint density at radius 1 is 1.39 bits per heavy atom. The molecule has 0 aliphatic heterocycles. The van der Waals surface area contributed by atoms with Gasteiger partial charge in [0.25, 0.3) is 0 Å². The highest BCUT2D eigenvalue weighted by Gasteiger charge is 2.21. The lowest BCUT2D eigenvalue weighted by molar-refractivity contribution is -0.119. The van der Waals surface area contributed by atoms with E-state index in [0.29, 0.717) is 23.9 Å². The number of hydrogen-bond acceptors (Lipinski definition) is 5. The van der Waals surface area contributed by atoms with Crippen molar-refractivity contribution in [2.45, 2.75) is 40.2 Å². The number of nitrogens with one attached hydrogen (secondary N) is 1. The van der Waals surface area contributed by atoms with Crippen LogP contribution in [-0.2, 0) is 11.2 Å². The van der Waals surface area contributed by atoms with E-state index >= 15 is 0 Å². The molecule has 1 aromatic heterocycles. The summed E-state index contributed by atoms with van der Waals surface area (Å²) in [5.74, 6) is 1.32. The number of nitrogens with two attached hydrogens (primary N) is 2. The molecule has 0 aliphatic rings. The van der Waals surface area contributed by atoms with Crippen molar-refractivity contribution in [1.82, 2.24) is 9.97 Å². The zero-order valence-electron chi connectivity index (χ0n) is 11.3. The number of nitrogen functional groups attached to an aromatic ring is 1. The summed E-state index contributed by atoms with van der Waals surface area (Å²) in [5, 5.41) is 3.06. The minimum Gasteiger partial charge on any atom is -0.383 e. The molecule has 0 spiro atoms. The Morgan fingerprint density at radius 3 is 2.44 bits per heavy atom. The number of hydrogen-bond donors (Lipinski definition) is 3. The van der Waals surface area contributed by atoms with Crippen LogP contribution in [0.3, 0.4) is 0 Å².